The van der Waals surface area contributed by atoms with Crippen LogP contribution in [0.25, 0.3) is 21.9 Å². The molecule has 0 aliphatic heterocycles. The molecule has 3 heterocycles. The standard InChI is InChI=1S/C26H24N2O4/c1-16(25-13-26(14-25,15-25)24(30)31)8-21(29)20-11-27-10-18-6-7-28(23(18)20)12-19-9-17-4-2-3-5-22(17)32-19/h2-7,9-11,16H,8,12-15H2,1H3,(H,30,31)/t16-,25?,26?/m1/s1. The van der Waals surface area contributed by atoms with E-state index in [9.17, 15) is 14.7 Å². The van der Waals surface area contributed by atoms with Crippen LogP contribution in [-0.2, 0) is 11.3 Å². The molecule has 3 fully saturated rings. The second kappa shape index (κ2) is 6.55. The van der Waals surface area contributed by atoms with Gasteiger partial charge in [0, 0.05) is 35.8 Å². The topological polar surface area (TPSA) is 85.3 Å². The molecule has 3 aliphatic rings. The number of aromatic nitrogens is 2. The maximum atomic E-state index is 13.3. The minimum absolute atomic E-state index is 0.0195. The van der Waals surface area contributed by atoms with Crippen LogP contribution in [0.3, 0.4) is 0 Å². The number of para-hydroxylation sites is 1. The van der Waals surface area contributed by atoms with Crippen molar-refractivity contribution < 1.29 is 19.1 Å². The van der Waals surface area contributed by atoms with Crippen molar-refractivity contribution in [1.29, 1.82) is 0 Å². The van der Waals surface area contributed by atoms with Gasteiger partial charge in [0.05, 0.1) is 23.0 Å². The predicted octanol–water partition coefficient (Wildman–Crippen LogP) is 5.29. The zero-order valence-electron chi connectivity index (χ0n) is 17.9. The van der Waals surface area contributed by atoms with Gasteiger partial charge in [-0.25, -0.2) is 0 Å². The Balaban J connectivity index is 1.26. The molecule has 6 heteroatoms. The first-order valence-electron chi connectivity index (χ1n) is 11.1. The van der Waals surface area contributed by atoms with Gasteiger partial charge >= 0.3 is 5.97 Å². The molecule has 7 rings (SSSR count). The van der Waals surface area contributed by atoms with Gasteiger partial charge in [-0.3, -0.25) is 14.6 Å². The first kappa shape index (κ1) is 19.3. The van der Waals surface area contributed by atoms with Crippen molar-refractivity contribution in [2.45, 2.75) is 39.2 Å². The summed E-state index contributed by atoms with van der Waals surface area (Å²) in [5.74, 6) is 0.370. The van der Waals surface area contributed by atoms with Gasteiger partial charge in [-0.2, -0.15) is 0 Å². The Kier molecular flexibility index (Phi) is 3.95. The molecule has 162 valence electrons. The SMILES string of the molecule is C[C@H](CC(=O)c1cncc2ccn(Cc3cc4ccccc4o3)c12)C12CC(C(=O)O)(C1)C2. The van der Waals surface area contributed by atoms with Gasteiger partial charge in [0.1, 0.15) is 11.3 Å². The highest BCUT2D eigenvalue weighted by atomic mass is 16.4. The number of pyridine rings is 1. The number of rotatable bonds is 7. The largest absolute Gasteiger partial charge is 0.481 e. The van der Waals surface area contributed by atoms with Crippen molar-refractivity contribution in [3.63, 3.8) is 0 Å². The lowest BCUT2D eigenvalue weighted by atomic mass is 9.32. The Hall–Kier alpha value is -3.41. The molecule has 1 N–H and O–H groups in total. The summed E-state index contributed by atoms with van der Waals surface area (Å²) in [5, 5.41) is 11.4. The van der Waals surface area contributed by atoms with E-state index in [1.54, 1.807) is 12.4 Å². The quantitative estimate of drug-likeness (QED) is 0.404. The lowest BCUT2D eigenvalue weighted by Gasteiger charge is -2.70. The number of fused-ring (bicyclic) bond motifs is 2. The molecule has 1 aromatic carbocycles. The number of carboxylic acid groups (broad SMARTS) is 1. The Bertz CT molecular complexity index is 1340. The molecule has 3 saturated carbocycles. The lowest BCUT2D eigenvalue weighted by molar-refractivity contribution is -0.239. The fourth-order valence-corrected chi connectivity index (χ4v) is 6.00. The number of carboxylic acids is 1. The molecule has 4 aromatic rings. The fraction of sp³-hybridized carbons (Fsp3) is 0.346. The highest BCUT2D eigenvalue weighted by molar-refractivity contribution is 6.06. The smallest absolute Gasteiger partial charge is 0.309 e. The normalized spacial score (nSPS) is 24.8. The first-order chi connectivity index (χ1) is 15.4. The Labute approximate surface area is 184 Å². The number of ketones is 1. The van der Waals surface area contributed by atoms with E-state index in [4.69, 9.17) is 4.42 Å². The average molecular weight is 428 g/mol. The number of aliphatic carboxylic acids is 1. The molecule has 0 radical (unpaired) electrons. The summed E-state index contributed by atoms with van der Waals surface area (Å²) in [5.41, 5.74) is 1.85. The number of Topliss-reactive ketones (excluding diaryl/α,β-unsaturated/α-hetero) is 1. The molecule has 32 heavy (non-hydrogen) atoms. The highest BCUT2D eigenvalue weighted by Gasteiger charge is 2.73. The van der Waals surface area contributed by atoms with Crippen LogP contribution in [0, 0.1) is 16.7 Å². The second-order valence-electron chi connectivity index (χ2n) is 9.83. The number of hydrogen-bond donors (Lipinski definition) is 1. The maximum Gasteiger partial charge on any atom is 0.309 e. The monoisotopic (exact) mass is 428 g/mol. The number of furan rings is 1. The molecular formula is C26H24N2O4. The first-order valence-corrected chi connectivity index (χ1v) is 11.1. The van der Waals surface area contributed by atoms with Gasteiger partial charge in [-0.05, 0) is 48.8 Å². The van der Waals surface area contributed by atoms with E-state index < -0.39 is 11.4 Å². The van der Waals surface area contributed by atoms with Crippen LogP contribution in [0.2, 0.25) is 0 Å². The summed E-state index contributed by atoms with van der Waals surface area (Å²) in [4.78, 5) is 29.1. The van der Waals surface area contributed by atoms with E-state index in [-0.39, 0.29) is 17.1 Å². The molecule has 3 aromatic heterocycles. The molecule has 0 amide bonds. The Morgan fingerprint density at radius 2 is 1.94 bits per heavy atom. The fourth-order valence-electron chi connectivity index (χ4n) is 6.00. The molecule has 3 aliphatic carbocycles. The third-order valence-electron chi connectivity index (χ3n) is 7.83. The highest BCUT2D eigenvalue weighted by Crippen LogP contribution is 2.76. The van der Waals surface area contributed by atoms with E-state index in [1.165, 1.54) is 0 Å². The molecule has 0 saturated heterocycles. The molecule has 0 spiro atoms. The van der Waals surface area contributed by atoms with Gasteiger partial charge in [0.25, 0.3) is 0 Å². The van der Waals surface area contributed by atoms with Gasteiger partial charge < -0.3 is 14.1 Å². The van der Waals surface area contributed by atoms with E-state index in [0.29, 0.717) is 37.8 Å². The molecule has 2 bridgehead atoms. The van der Waals surface area contributed by atoms with Crippen molar-refractivity contribution in [3.05, 3.63) is 66.3 Å². The number of carbonyl (C=O) groups excluding carboxylic acids is 1. The Morgan fingerprint density at radius 1 is 1.16 bits per heavy atom. The summed E-state index contributed by atoms with van der Waals surface area (Å²) < 4.78 is 8.04. The van der Waals surface area contributed by atoms with E-state index in [2.05, 4.69) is 11.9 Å². The molecule has 1 atom stereocenters. The third-order valence-corrected chi connectivity index (χ3v) is 7.83. The minimum atomic E-state index is -0.685. The lowest BCUT2D eigenvalue weighted by Crippen LogP contribution is -2.67. The van der Waals surface area contributed by atoms with E-state index >= 15 is 0 Å². The summed E-state index contributed by atoms with van der Waals surface area (Å²) >= 11 is 0. The van der Waals surface area contributed by atoms with Gasteiger partial charge in [0.15, 0.2) is 5.78 Å². The average Bonchev–Trinajstić information content (AvgIpc) is 3.29. The van der Waals surface area contributed by atoms with Gasteiger partial charge in [-0.15, -0.1) is 0 Å². The number of hydrogen-bond acceptors (Lipinski definition) is 4. The van der Waals surface area contributed by atoms with Crippen LogP contribution in [-0.4, -0.2) is 26.4 Å². The summed E-state index contributed by atoms with van der Waals surface area (Å²) in [6.07, 6.45) is 7.93. The predicted molar refractivity (Wildman–Crippen MR) is 120 cm³/mol. The number of benzene rings is 1. The minimum Gasteiger partial charge on any atom is -0.481 e. The Morgan fingerprint density at radius 3 is 2.69 bits per heavy atom. The van der Waals surface area contributed by atoms with Gasteiger partial charge in [0.2, 0.25) is 0 Å². The van der Waals surface area contributed by atoms with Gasteiger partial charge in [-0.1, -0.05) is 25.1 Å². The zero-order chi connectivity index (χ0) is 22.1. The molecule has 6 nitrogen and oxygen atoms in total. The van der Waals surface area contributed by atoms with Crippen LogP contribution in [0.4, 0.5) is 0 Å². The van der Waals surface area contributed by atoms with Crippen LogP contribution in [0.15, 0.2) is 59.4 Å². The summed E-state index contributed by atoms with van der Waals surface area (Å²) in [7, 11) is 0. The van der Waals surface area contributed by atoms with Crippen LogP contribution in [0.5, 0.6) is 0 Å². The summed E-state index contributed by atoms with van der Waals surface area (Å²) in [6.45, 7) is 2.62. The van der Waals surface area contributed by atoms with Crippen molar-refractivity contribution in [2.24, 2.45) is 16.7 Å². The maximum absolute atomic E-state index is 13.3. The van der Waals surface area contributed by atoms with Crippen molar-refractivity contribution in [2.75, 3.05) is 0 Å². The van der Waals surface area contributed by atoms with Crippen molar-refractivity contribution in [3.8, 4) is 0 Å². The zero-order valence-corrected chi connectivity index (χ0v) is 17.9. The number of carbonyl (C=O) groups is 2. The van der Waals surface area contributed by atoms with Crippen LogP contribution < -0.4 is 0 Å². The van der Waals surface area contributed by atoms with Crippen molar-refractivity contribution in [1.82, 2.24) is 9.55 Å². The number of nitrogens with zero attached hydrogens (tertiary/aromatic N) is 2. The summed E-state index contributed by atoms with van der Waals surface area (Å²) in [6, 6.07) is 11.9. The second-order valence-corrected chi connectivity index (χ2v) is 9.83. The van der Waals surface area contributed by atoms with Crippen LogP contribution >= 0.6 is 0 Å². The molecular weight excluding hydrogens is 404 g/mol. The molecule has 0 unspecified atom stereocenters. The van der Waals surface area contributed by atoms with E-state index in [0.717, 1.165) is 27.6 Å². The van der Waals surface area contributed by atoms with Crippen molar-refractivity contribution >= 4 is 33.6 Å². The van der Waals surface area contributed by atoms with E-state index in [1.807, 2.05) is 47.2 Å². The third kappa shape index (κ3) is 2.68. The van der Waals surface area contributed by atoms with Crippen LogP contribution in [0.1, 0.15) is 48.7 Å².